The quantitative estimate of drug-likeness (QED) is 0.691. The standard InChI is InChI=1S/C9H10FNO/c1-4-6(2)8-9(7(3)10)12-5-11-8/h5H,2-4H2,1H3. The highest BCUT2D eigenvalue weighted by atomic mass is 19.1. The average molecular weight is 167 g/mol. The van der Waals surface area contributed by atoms with Crippen LogP contribution in [-0.4, -0.2) is 4.98 Å². The van der Waals surface area contributed by atoms with Crippen molar-refractivity contribution in [3.05, 3.63) is 31.0 Å². The third-order valence-corrected chi connectivity index (χ3v) is 1.58. The van der Waals surface area contributed by atoms with Crippen LogP contribution in [0, 0.1) is 0 Å². The molecule has 0 spiro atoms. The van der Waals surface area contributed by atoms with E-state index in [4.69, 9.17) is 4.42 Å². The smallest absolute Gasteiger partial charge is 0.189 e. The van der Waals surface area contributed by atoms with Crippen LogP contribution >= 0.6 is 0 Å². The molecule has 1 rings (SSSR count). The number of allylic oxidation sites excluding steroid dienone is 1. The van der Waals surface area contributed by atoms with E-state index in [1.54, 1.807) is 0 Å². The molecule has 1 aromatic rings. The van der Waals surface area contributed by atoms with E-state index in [-0.39, 0.29) is 5.76 Å². The SMILES string of the molecule is C=C(CC)c1ncoc1C(=C)F. The third kappa shape index (κ3) is 1.44. The fourth-order valence-corrected chi connectivity index (χ4v) is 0.858. The molecule has 64 valence electrons. The van der Waals surface area contributed by atoms with Gasteiger partial charge >= 0.3 is 0 Å². The summed E-state index contributed by atoms with van der Waals surface area (Å²) in [6, 6.07) is 0. The monoisotopic (exact) mass is 167 g/mol. The van der Waals surface area contributed by atoms with Gasteiger partial charge in [0.05, 0.1) is 0 Å². The lowest BCUT2D eigenvalue weighted by atomic mass is 10.1. The molecule has 12 heavy (non-hydrogen) atoms. The molecule has 1 heterocycles. The van der Waals surface area contributed by atoms with Gasteiger partial charge in [-0.25, -0.2) is 9.37 Å². The fraction of sp³-hybridized carbons (Fsp3) is 0.222. The predicted octanol–water partition coefficient (Wildman–Crippen LogP) is 3.04. The van der Waals surface area contributed by atoms with E-state index in [0.717, 1.165) is 5.57 Å². The highest BCUT2D eigenvalue weighted by Crippen LogP contribution is 2.24. The molecular weight excluding hydrogens is 157 g/mol. The van der Waals surface area contributed by atoms with Crippen molar-refractivity contribution in [1.82, 2.24) is 4.98 Å². The number of halogens is 1. The molecule has 0 aliphatic heterocycles. The first-order chi connectivity index (χ1) is 5.66. The second kappa shape index (κ2) is 3.34. The van der Waals surface area contributed by atoms with Gasteiger partial charge in [0.25, 0.3) is 0 Å². The first kappa shape index (κ1) is 8.71. The van der Waals surface area contributed by atoms with E-state index < -0.39 is 5.83 Å². The molecule has 0 amide bonds. The summed E-state index contributed by atoms with van der Waals surface area (Å²) < 4.78 is 17.5. The van der Waals surface area contributed by atoms with Crippen LogP contribution in [0.25, 0.3) is 11.4 Å². The van der Waals surface area contributed by atoms with E-state index in [1.165, 1.54) is 6.39 Å². The van der Waals surface area contributed by atoms with Crippen molar-refractivity contribution in [3.8, 4) is 0 Å². The van der Waals surface area contributed by atoms with Gasteiger partial charge in [-0.3, -0.25) is 0 Å². The van der Waals surface area contributed by atoms with E-state index in [0.29, 0.717) is 12.1 Å². The van der Waals surface area contributed by atoms with Gasteiger partial charge in [-0.1, -0.05) is 20.1 Å². The van der Waals surface area contributed by atoms with Gasteiger partial charge in [0.2, 0.25) is 0 Å². The molecule has 0 bridgehead atoms. The maximum absolute atomic E-state index is 12.7. The number of oxazole rings is 1. The second-order valence-corrected chi connectivity index (χ2v) is 2.39. The predicted molar refractivity (Wildman–Crippen MR) is 46.0 cm³/mol. The Morgan fingerprint density at radius 2 is 2.33 bits per heavy atom. The highest BCUT2D eigenvalue weighted by molar-refractivity contribution is 5.69. The largest absolute Gasteiger partial charge is 0.440 e. The minimum absolute atomic E-state index is 0.0850. The molecule has 0 saturated carbocycles. The number of rotatable bonds is 3. The van der Waals surface area contributed by atoms with Crippen molar-refractivity contribution < 1.29 is 8.81 Å². The van der Waals surface area contributed by atoms with Gasteiger partial charge in [0.15, 0.2) is 18.0 Å². The van der Waals surface area contributed by atoms with Crippen LogP contribution < -0.4 is 0 Å². The molecular formula is C9H10FNO. The summed E-state index contributed by atoms with van der Waals surface area (Å²) in [5, 5.41) is 0. The zero-order valence-electron chi connectivity index (χ0n) is 6.93. The Hall–Kier alpha value is -1.38. The number of aromatic nitrogens is 1. The lowest BCUT2D eigenvalue weighted by molar-refractivity contribution is 0.525. The Labute approximate surface area is 70.4 Å². The van der Waals surface area contributed by atoms with Crippen LogP contribution in [0.3, 0.4) is 0 Å². The van der Waals surface area contributed by atoms with Gasteiger partial charge in [-0.2, -0.15) is 0 Å². The zero-order chi connectivity index (χ0) is 9.14. The maximum atomic E-state index is 12.7. The molecule has 0 aromatic carbocycles. The summed E-state index contributed by atoms with van der Waals surface area (Å²) in [6.07, 6.45) is 1.91. The van der Waals surface area contributed by atoms with E-state index in [9.17, 15) is 4.39 Å². The van der Waals surface area contributed by atoms with Crippen molar-refractivity contribution in [2.45, 2.75) is 13.3 Å². The summed E-state index contributed by atoms with van der Waals surface area (Å²) in [5.74, 6) is -0.529. The van der Waals surface area contributed by atoms with Gasteiger partial charge in [0.1, 0.15) is 5.69 Å². The molecule has 0 aliphatic carbocycles. The van der Waals surface area contributed by atoms with Gasteiger partial charge in [0, 0.05) is 0 Å². The van der Waals surface area contributed by atoms with E-state index in [1.807, 2.05) is 6.92 Å². The molecule has 3 heteroatoms. The Kier molecular flexibility index (Phi) is 2.43. The van der Waals surface area contributed by atoms with Gasteiger partial charge in [-0.15, -0.1) is 0 Å². The highest BCUT2D eigenvalue weighted by Gasteiger charge is 2.12. The fourth-order valence-electron chi connectivity index (χ4n) is 0.858. The Morgan fingerprint density at radius 3 is 2.83 bits per heavy atom. The molecule has 0 aliphatic rings. The third-order valence-electron chi connectivity index (χ3n) is 1.58. The van der Waals surface area contributed by atoms with Crippen molar-refractivity contribution in [3.63, 3.8) is 0 Å². The molecule has 0 atom stereocenters. The van der Waals surface area contributed by atoms with Crippen LogP contribution in [0.5, 0.6) is 0 Å². The molecule has 0 radical (unpaired) electrons. The number of hydrogen-bond donors (Lipinski definition) is 0. The topological polar surface area (TPSA) is 26.0 Å². The van der Waals surface area contributed by atoms with Crippen LogP contribution in [0.15, 0.2) is 24.0 Å². The maximum Gasteiger partial charge on any atom is 0.189 e. The normalized spacial score (nSPS) is 9.83. The second-order valence-electron chi connectivity index (χ2n) is 2.39. The average Bonchev–Trinajstić information content (AvgIpc) is 2.50. The minimum Gasteiger partial charge on any atom is -0.440 e. The van der Waals surface area contributed by atoms with Crippen LogP contribution in [0.2, 0.25) is 0 Å². The van der Waals surface area contributed by atoms with E-state index >= 15 is 0 Å². The molecule has 2 nitrogen and oxygen atoms in total. The molecule has 0 N–H and O–H groups in total. The molecule has 0 fully saturated rings. The summed E-state index contributed by atoms with van der Waals surface area (Å²) in [7, 11) is 0. The minimum atomic E-state index is -0.614. The Balaban J connectivity index is 3.07. The van der Waals surface area contributed by atoms with Crippen molar-refractivity contribution in [1.29, 1.82) is 0 Å². The number of nitrogens with zero attached hydrogens (tertiary/aromatic N) is 1. The lowest BCUT2D eigenvalue weighted by Crippen LogP contribution is -1.85. The lowest BCUT2D eigenvalue weighted by Gasteiger charge is -1.97. The molecule has 1 aromatic heterocycles. The van der Waals surface area contributed by atoms with Crippen molar-refractivity contribution in [2.75, 3.05) is 0 Å². The summed E-state index contributed by atoms with van der Waals surface area (Å²) in [4.78, 5) is 3.84. The van der Waals surface area contributed by atoms with Crippen LogP contribution in [0.4, 0.5) is 4.39 Å². The Bertz CT molecular complexity index is 314. The Morgan fingerprint density at radius 1 is 1.67 bits per heavy atom. The first-order valence-corrected chi connectivity index (χ1v) is 3.63. The summed E-state index contributed by atoms with van der Waals surface area (Å²) in [6.45, 7) is 8.78. The van der Waals surface area contributed by atoms with Crippen molar-refractivity contribution in [2.24, 2.45) is 0 Å². The van der Waals surface area contributed by atoms with Crippen molar-refractivity contribution >= 4 is 11.4 Å². The van der Waals surface area contributed by atoms with E-state index in [2.05, 4.69) is 18.1 Å². The van der Waals surface area contributed by atoms with Crippen LogP contribution in [0.1, 0.15) is 24.8 Å². The first-order valence-electron chi connectivity index (χ1n) is 3.63. The summed E-state index contributed by atoms with van der Waals surface area (Å²) in [5.41, 5.74) is 1.21. The van der Waals surface area contributed by atoms with Crippen LogP contribution in [-0.2, 0) is 0 Å². The van der Waals surface area contributed by atoms with Gasteiger partial charge < -0.3 is 4.42 Å². The summed E-state index contributed by atoms with van der Waals surface area (Å²) >= 11 is 0. The molecule has 0 saturated heterocycles. The number of hydrogen-bond acceptors (Lipinski definition) is 2. The van der Waals surface area contributed by atoms with Gasteiger partial charge in [-0.05, 0) is 12.0 Å². The molecule has 0 unspecified atom stereocenters. The zero-order valence-corrected chi connectivity index (χ0v) is 6.93.